The Hall–Kier alpha value is -0.610. The normalized spacial score (nSPS) is 15.2. The highest BCUT2D eigenvalue weighted by Gasteiger charge is 2.19. The third-order valence-electron chi connectivity index (χ3n) is 2.74. The Bertz CT molecular complexity index is 230. The minimum atomic E-state index is 0.0364. The summed E-state index contributed by atoms with van der Waals surface area (Å²) in [6.45, 7) is 9.80. The number of nitrogens with two attached hydrogens (primary N) is 1. The molecule has 0 heterocycles. The van der Waals surface area contributed by atoms with Gasteiger partial charge in [-0.25, -0.2) is 0 Å². The van der Waals surface area contributed by atoms with Crippen molar-refractivity contribution in [3.05, 3.63) is 0 Å². The predicted molar refractivity (Wildman–Crippen MR) is 75.3 cm³/mol. The summed E-state index contributed by atoms with van der Waals surface area (Å²) in [6.07, 6.45) is 2.38. The molecular formula is C14H30N2O2. The van der Waals surface area contributed by atoms with Gasteiger partial charge in [0, 0.05) is 13.5 Å². The second kappa shape index (κ2) is 8.48. The largest absolute Gasteiger partial charge is 0.383 e. The van der Waals surface area contributed by atoms with Crippen LogP contribution < -0.4 is 11.1 Å². The van der Waals surface area contributed by atoms with Gasteiger partial charge in [0.1, 0.15) is 0 Å². The SMILES string of the molecule is COCC(CCN)NC(=O)CC(C)CC(C)(C)C. The fraction of sp³-hybridized carbons (Fsp3) is 0.929. The van der Waals surface area contributed by atoms with E-state index >= 15 is 0 Å². The number of carbonyl (C=O) groups excluding carboxylic acids is 1. The van der Waals surface area contributed by atoms with Crippen molar-refractivity contribution in [2.45, 2.75) is 53.0 Å². The molecule has 18 heavy (non-hydrogen) atoms. The molecule has 2 unspecified atom stereocenters. The molecule has 0 saturated heterocycles. The van der Waals surface area contributed by atoms with Crippen LogP contribution in [0.5, 0.6) is 0 Å². The Labute approximate surface area is 112 Å². The highest BCUT2D eigenvalue weighted by molar-refractivity contribution is 5.76. The first-order chi connectivity index (χ1) is 8.28. The molecule has 4 heteroatoms. The van der Waals surface area contributed by atoms with E-state index in [-0.39, 0.29) is 17.4 Å². The molecule has 0 aromatic heterocycles. The van der Waals surface area contributed by atoms with E-state index in [1.54, 1.807) is 7.11 Å². The Morgan fingerprint density at radius 1 is 1.39 bits per heavy atom. The van der Waals surface area contributed by atoms with Crippen molar-refractivity contribution < 1.29 is 9.53 Å². The minimum Gasteiger partial charge on any atom is -0.383 e. The second-order valence-corrected chi connectivity index (χ2v) is 6.37. The molecule has 0 fully saturated rings. The van der Waals surface area contributed by atoms with Gasteiger partial charge >= 0.3 is 0 Å². The average Bonchev–Trinajstić information content (AvgIpc) is 2.14. The molecular weight excluding hydrogens is 228 g/mol. The fourth-order valence-electron chi connectivity index (χ4n) is 2.32. The molecule has 0 saturated carbocycles. The number of hydrogen-bond donors (Lipinski definition) is 2. The zero-order chi connectivity index (χ0) is 14.2. The summed E-state index contributed by atoms with van der Waals surface area (Å²) in [6, 6.07) is 0.0364. The van der Waals surface area contributed by atoms with Crippen LogP contribution in [0, 0.1) is 11.3 Å². The van der Waals surface area contributed by atoms with Crippen LogP contribution >= 0.6 is 0 Å². The number of methoxy groups -OCH3 is 1. The standard InChI is InChI=1S/C14H30N2O2/c1-11(9-14(2,3)4)8-13(17)16-12(6-7-15)10-18-5/h11-12H,6-10,15H2,1-5H3,(H,16,17). The van der Waals surface area contributed by atoms with Crippen LogP contribution in [0.15, 0.2) is 0 Å². The predicted octanol–water partition coefficient (Wildman–Crippen LogP) is 1.93. The maximum absolute atomic E-state index is 11.9. The maximum Gasteiger partial charge on any atom is 0.220 e. The third kappa shape index (κ3) is 9.42. The van der Waals surface area contributed by atoms with Gasteiger partial charge in [0.05, 0.1) is 12.6 Å². The minimum absolute atomic E-state index is 0.0364. The van der Waals surface area contributed by atoms with Gasteiger partial charge in [0.25, 0.3) is 0 Å². The lowest BCUT2D eigenvalue weighted by atomic mass is 9.84. The van der Waals surface area contributed by atoms with Gasteiger partial charge < -0.3 is 15.8 Å². The lowest BCUT2D eigenvalue weighted by Crippen LogP contribution is -2.40. The van der Waals surface area contributed by atoms with Crippen LogP contribution in [-0.2, 0) is 9.53 Å². The maximum atomic E-state index is 11.9. The van der Waals surface area contributed by atoms with Gasteiger partial charge in [-0.3, -0.25) is 4.79 Å². The van der Waals surface area contributed by atoms with Gasteiger partial charge in [-0.05, 0) is 30.7 Å². The number of carbonyl (C=O) groups is 1. The summed E-state index contributed by atoms with van der Waals surface area (Å²) >= 11 is 0. The molecule has 0 aliphatic carbocycles. The molecule has 108 valence electrons. The Balaban J connectivity index is 4.07. The van der Waals surface area contributed by atoms with E-state index in [2.05, 4.69) is 33.0 Å². The smallest absolute Gasteiger partial charge is 0.220 e. The van der Waals surface area contributed by atoms with Crippen molar-refractivity contribution in [2.75, 3.05) is 20.3 Å². The zero-order valence-corrected chi connectivity index (χ0v) is 12.6. The van der Waals surface area contributed by atoms with Crippen molar-refractivity contribution >= 4 is 5.91 Å². The van der Waals surface area contributed by atoms with E-state index in [9.17, 15) is 4.79 Å². The van der Waals surface area contributed by atoms with Gasteiger partial charge in [-0.2, -0.15) is 0 Å². The molecule has 0 aromatic carbocycles. The van der Waals surface area contributed by atoms with E-state index in [0.29, 0.717) is 25.5 Å². The van der Waals surface area contributed by atoms with E-state index in [1.165, 1.54) is 0 Å². The van der Waals surface area contributed by atoms with Crippen LogP contribution in [-0.4, -0.2) is 32.2 Å². The van der Waals surface area contributed by atoms with Gasteiger partial charge in [0.2, 0.25) is 5.91 Å². The van der Waals surface area contributed by atoms with Crippen molar-refractivity contribution in [3.8, 4) is 0 Å². The van der Waals surface area contributed by atoms with E-state index in [4.69, 9.17) is 10.5 Å². The van der Waals surface area contributed by atoms with Crippen LogP contribution in [0.3, 0.4) is 0 Å². The Morgan fingerprint density at radius 3 is 2.44 bits per heavy atom. The second-order valence-electron chi connectivity index (χ2n) is 6.37. The van der Waals surface area contributed by atoms with Crippen molar-refractivity contribution in [2.24, 2.45) is 17.1 Å². The Morgan fingerprint density at radius 2 is 2.00 bits per heavy atom. The number of rotatable bonds is 8. The fourth-order valence-corrected chi connectivity index (χ4v) is 2.32. The first kappa shape index (κ1) is 17.4. The van der Waals surface area contributed by atoms with Crippen LogP contribution in [0.1, 0.15) is 47.0 Å². The number of ether oxygens (including phenoxy) is 1. The quantitative estimate of drug-likeness (QED) is 0.699. The molecule has 0 aromatic rings. The van der Waals surface area contributed by atoms with Gasteiger partial charge in [0.15, 0.2) is 0 Å². The monoisotopic (exact) mass is 258 g/mol. The number of amides is 1. The number of hydrogen-bond acceptors (Lipinski definition) is 3. The summed E-state index contributed by atoms with van der Waals surface area (Å²) in [7, 11) is 1.64. The number of nitrogens with one attached hydrogen (secondary N) is 1. The first-order valence-corrected chi connectivity index (χ1v) is 6.77. The van der Waals surface area contributed by atoms with Crippen LogP contribution in [0.25, 0.3) is 0 Å². The third-order valence-corrected chi connectivity index (χ3v) is 2.74. The van der Waals surface area contributed by atoms with Crippen LogP contribution in [0.4, 0.5) is 0 Å². The van der Waals surface area contributed by atoms with E-state index in [1.807, 2.05) is 0 Å². The van der Waals surface area contributed by atoms with Crippen molar-refractivity contribution in [3.63, 3.8) is 0 Å². The van der Waals surface area contributed by atoms with Crippen LogP contribution in [0.2, 0.25) is 0 Å². The summed E-state index contributed by atoms with van der Waals surface area (Å²) in [4.78, 5) is 11.9. The molecule has 0 radical (unpaired) electrons. The molecule has 1 amide bonds. The first-order valence-electron chi connectivity index (χ1n) is 6.77. The van der Waals surface area contributed by atoms with Crippen molar-refractivity contribution in [1.82, 2.24) is 5.32 Å². The highest BCUT2D eigenvalue weighted by atomic mass is 16.5. The summed E-state index contributed by atoms with van der Waals surface area (Å²) in [5, 5.41) is 2.99. The highest BCUT2D eigenvalue weighted by Crippen LogP contribution is 2.25. The molecule has 4 nitrogen and oxygen atoms in total. The lowest BCUT2D eigenvalue weighted by Gasteiger charge is -2.24. The molecule has 0 rings (SSSR count). The van der Waals surface area contributed by atoms with E-state index < -0.39 is 0 Å². The van der Waals surface area contributed by atoms with Gasteiger partial charge in [-0.15, -0.1) is 0 Å². The summed E-state index contributed by atoms with van der Waals surface area (Å²) < 4.78 is 5.07. The zero-order valence-electron chi connectivity index (χ0n) is 12.6. The molecule has 3 N–H and O–H groups in total. The van der Waals surface area contributed by atoms with Gasteiger partial charge in [-0.1, -0.05) is 27.7 Å². The summed E-state index contributed by atoms with van der Waals surface area (Å²) in [5.41, 5.74) is 5.78. The molecule has 2 atom stereocenters. The molecule has 0 aliphatic rings. The molecule has 0 spiro atoms. The molecule has 0 bridgehead atoms. The van der Waals surface area contributed by atoms with Crippen molar-refractivity contribution in [1.29, 1.82) is 0 Å². The average molecular weight is 258 g/mol. The van der Waals surface area contributed by atoms with E-state index in [0.717, 1.165) is 12.8 Å². The molecule has 0 aliphatic heterocycles. The summed E-state index contributed by atoms with van der Waals surface area (Å²) in [5.74, 6) is 0.494. The lowest BCUT2D eigenvalue weighted by molar-refractivity contribution is -0.123. The Kier molecular flexibility index (Phi) is 8.20. The topological polar surface area (TPSA) is 64.3 Å².